The van der Waals surface area contributed by atoms with Gasteiger partial charge in [0.25, 0.3) is 0 Å². The van der Waals surface area contributed by atoms with Gasteiger partial charge in [0.1, 0.15) is 6.61 Å². The van der Waals surface area contributed by atoms with Crippen molar-refractivity contribution in [1.82, 2.24) is 9.88 Å². The minimum atomic E-state index is -4.35. The molecule has 2 bridgehead atoms. The molecular formula is C21H23F3N2O. The fraction of sp³-hybridized carbons (Fsp3) is 0.476. The molecule has 0 amide bonds. The lowest BCUT2D eigenvalue weighted by atomic mass is 9.73. The number of halogens is 3. The fourth-order valence-electron chi connectivity index (χ4n) is 4.65. The third-order valence-corrected chi connectivity index (χ3v) is 5.92. The summed E-state index contributed by atoms with van der Waals surface area (Å²) in [4.78, 5) is 6.63. The Kier molecular flexibility index (Phi) is 4.95. The second-order valence-corrected chi connectivity index (χ2v) is 7.51. The van der Waals surface area contributed by atoms with Gasteiger partial charge >= 0.3 is 6.18 Å². The van der Waals surface area contributed by atoms with Crippen LogP contribution in [-0.2, 0) is 4.74 Å². The van der Waals surface area contributed by atoms with Crippen LogP contribution in [0, 0.1) is 11.8 Å². The van der Waals surface area contributed by atoms with E-state index in [0.29, 0.717) is 11.8 Å². The summed E-state index contributed by atoms with van der Waals surface area (Å²) in [6.07, 6.45) is 0.554. The van der Waals surface area contributed by atoms with Gasteiger partial charge in [-0.15, -0.1) is 6.58 Å². The molecule has 27 heavy (non-hydrogen) atoms. The van der Waals surface area contributed by atoms with Crippen LogP contribution < -0.4 is 0 Å². The zero-order valence-corrected chi connectivity index (χ0v) is 15.0. The third-order valence-electron chi connectivity index (χ3n) is 5.92. The van der Waals surface area contributed by atoms with Gasteiger partial charge in [0.15, 0.2) is 0 Å². The Bertz CT molecular complexity index is 817. The molecule has 0 radical (unpaired) electrons. The number of aromatic nitrogens is 1. The smallest absolute Gasteiger partial charge is 0.362 e. The van der Waals surface area contributed by atoms with Crippen molar-refractivity contribution < 1.29 is 17.9 Å². The van der Waals surface area contributed by atoms with Crippen LogP contribution in [0.1, 0.15) is 24.5 Å². The van der Waals surface area contributed by atoms with Gasteiger partial charge in [0, 0.05) is 24.2 Å². The lowest BCUT2D eigenvalue weighted by molar-refractivity contribution is -0.197. The van der Waals surface area contributed by atoms with Crippen molar-refractivity contribution in [1.29, 1.82) is 0 Å². The summed E-state index contributed by atoms with van der Waals surface area (Å²) in [5.41, 5.74) is 1.56. The molecule has 1 unspecified atom stereocenters. The average Bonchev–Trinajstić information content (AvgIpc) is 2.68. The van der Waals surface area contributed by atoms with E-state index < -0.39 is 18.9 Å². The van der Waals surface area contributed by atoms with Crippen molar-refractivity contribution >= 4 is 10.9 Å². The molecule has 3 aliphatic rings. The number of piperidine rings is 3. The van der Waals surface area contributed by atoms with Gasteiger partial charge in [-0.3, -0.25) is 9.88 Å². The van der Waals surface area contributed by atoms with E-state index in [-0.39, 0.29) is 6.04 Å². The topological polar surface area (TPSA) is 25.4 Å². The lowest BCUT2D eigenvalue weighted by Crippen LogP contribution is -2.55. The molecule has 3 saturated heterocycles. The van der Waals surface area contributed by atoms with E-state index >= 15 is 0 Å². The Labute approximate surface area is 156 Å². The van der Waals surface area contributed by atoms with E-state index in [2.05, 4.69) is 16.5 Å². The number of pyridine rings is 1. The molecule has 0 saturated carbocycles. The number of hydrogen-bond donors (Lipinski definition) is 0. The first-order valence-electron chi connectivity index (χ1n) is 9.35. The number of nitrogens with zero attached hydrogens (tertiary/aromatic N) is 2. The maximum absolute atomic E-state index is 13.0. The second kappa shape index (κ2) is 7.24. The van der Waals surface area contributed by atoms with Crippen molar-refractivity contribution in [3.63, 3.8) is 0 Å². The number of fused-ring (bicyclic) bond motifs is 4. The van der Waals surface area contributed by atoms with E-state index in [0.717, 1.165) is 42.4 Å². The number of alkyl halides is 3. The van der Waals surface area contributed by atoms with Crippen LogP contribution in [0.5, 0.6) is 0 Å². The highest BCUT2D eigenvalue weighted by Crippen LogP contribution is 2.43. The van der Waals surface area contributed by atoms with E-state index in [4.69, 9.17) is 4.74 Å². The minimum Gasteiger partial charge on any atom is -0.362 e. The number of hydrogen-bond acceptors (Lipinski definition) is 3. The van der Waals surface area contributed by atoms with Crippen molar-refractivity contribution in [2.45, 2.75) is 31.2 Å². The first kappa shape index (κ1) is 18.4. The van der Waals surface area contributed by atoms with E-state index in [1.165, 1.54) is 0 Å². The lowest BCUT2D eigenvalue weighted by Gasteiger charge is -2.51. The Morgan fingerprint density at radius 2 is 2.11 bits per heavy atom. The molecule has 1 aromatic carbocycles. The van der Waals surface area contributed by atoms with Crippen molar-refractivity contribution in [2.24, 2.45) is 11.8 Å². The van der Waals surface area contributed by atoms with Gasteiger partial charge in [0.05, 0.1) is 11.6 Å². The molecule has 144 valence electrons. The summed E-state index contributed by atoms with van der Waals surface area (Å²) in [7, 11) is 0. The van der Waals surface area contributed by atoms with Gasteiger partial charge in [-0.25, -0.2) is 0 Å². The van der Waals surface area contributed by atoms with Crippen LogP contribution in [0.25, 0.3) is 10.9 Å². The van der Waals surface area contributed by atoms with Crippen LogP contribution in [0.2, 0.25) is 0 Å². The molecule has 2 aromatic rings. The van der Waals surface area contributed by atoms with Crippen LogP contribution in [0.4, 0.5) is 13.2 Å². The molecule has 5 atom stereocenters. The van der Waals surface area contributed by atoms with E-state index in [1.54, 1.807) is 12.3 Å². The van der Waals surface area contributed by atoms with Crippen LogP contribution in [0.3, 0.4) is 0 Å². The predicted molar refractivity (Wildman–Crippen MR) is 98.3 cm³/mol. The van der Waals surface area contributed by atoms with Gasteiger partial charge in [-0.1, -0.05) is 24.3 Å². The van der Waals surface area contributed by atoms with Crippen LogP contribution in [0.15, 0.2) is 49.2 Å². The molecule has 5 rings (SSSR count). The van der Waals surface area contributed by atoms with Crippen LogP contribution in [-0.4, -0.2) is 41.8 Å². The first-order valence-corrected chi connectivity index (χ1v) is 9.35. The molecule has 0 aliphatic carbocycles. The highest BCUT2D eigenvalue weighted by atomic mass is 19.4. The van der Waals surface area contributed by atoms with Crippen molar-refractivity contribution in [3.05, 3.63) is 54.7 Å². The van der Waals surface area contributed by atoms with Gasteiger partial charge in [-0.2, -0.15) is 13.2 Å². The zero-order chi connectivity index (χ0) is 19.0. The summed E-state index contributed by atoms with van der Waals surface area (Å²) >= 11 is 0. The minimum absolute atomic E-state index is 0.0619. The average molecular weight is 376 g/mol. The first-order chi connectivity index (χ1) is 13.0. The predicted octanol–water partition coefficient (Wildman–Crippen LogP) is 4.75. The molecule has 1 aromatic heterocycles. The quantitative estimate of drug-likeness (QED) is 0.704. The van der Waals surface area contributed by atoms with Gasteiger partial charge in [0.2, 0.25) is 0 Å². The summed E-state index contributed by atoms with van der Waals surface area (Å²) in [5.74, 6) is 0.870. The molecule has 0 N–H and O–H groups in total. The fourth-order valence-corrected chi connectivity index (χ4v) is 4.65. The third kappa shape index (κ3) is 3.73. The molecule has 6 heteroatoms. The SMILES string of the molecule is C=C[C@H]1CN2CC[C@H]1C[C@H]2[C@H](OCC(F)(F)F)c1ccnc2ccccc12. The van der Waals surface area contributed by atoms with Crippen molar-refractivity contribution in [3.8, 4) is 0 Å². The van der Waals surface area contributed by atoms with Gasteiger partial charge in [-0.05, 0) is 48.9 Å². The largest absolute Gasteiger partial charge is 0.411 e. The molecule has 0 spiro atoms. The molecule has 3 fully saturated rings. The maximum Gasteiger partial charge on any atom is 0.411 e. The van der Waals surface area contributed by atoms with Crippen LogP contribution >= 0.6 is 0 Å². The summed E-state index contributed by atoms with van der Waals surface area (Å²) in [5, 5.41) is 0.857. The van der Waals surface area contributed by atoms with E-state index in [1.807, 2.05) is 30.3 Å². The monoisotopic (exact) mass is 376 g/mol. The standard InChI is InChI=1S/C21H23F3N2O/c1-2-14-12-26-10-8-15(14)11-19(26)20(27-13-21(22,23)24)17-7-9-25-18-6-4-3-5-16(17)18/h2-7,9,14-15,19-20H,1,8,10-13H2/t14-,15-,19-,20+/m0/s1. The highest BCUT2D eigenvalue weighted by molar-refractivity contribution is 5.82. The second-order valence-electron chi connectivity index (χ2n) is 7.51. The zero-order valence-electron chi connectivity index (χ0n) is 15.0. The summed E-state index contributed by atoms with van der Waals surface area (Å²) in [6.45, 7) is 4.42. The molecule has 4 heterocycles. The Hall–Kier alpha value is -1.92. The summed E-state index contributed by atoms with van der Waals surface area (Å²) in [6, 6.07) is 9.29. The Morgan fingerprint density at radius 3 is 2.81 bits per heavy atom. The normalized spacial score (nSPS) is 29.0. The Balaban J connectivity index is 1.70. The Morgan fingerprint density at radius 1 is 1.30 bits per heavy atom. The van der Waals surface area contributed by atoms with Crippen molar-refractivity contribution in [2.75, 3.05) is 19.7 Å². The molecule has 3 nitrogen and oxygen atoms in total. The number of ether oxygens (including phenoxy) is 1. The molecule has 3 aliphatic heterocycles. The number of rotatable bonds is 5. The highest BCUT2D eigenvalue weighted by Gasteiger charge is 2.44. The summed E-state index contributed by atoms with van der Waals surface area (Å²) < 4.78 is 44.4. The maximum atomic E-state index is 13.0. The number of benzene rings is 1. The van der Waals surface area contributed by atoms with Gasteiger partial charge < -0.3 is 4.74 Å². The van der Waals surface area contributed by atoms with E-state index in [9.17, 15) is 13.2 Å². The number of para-hydroxylation sites is 1. The molecular weight excluding hydrogens is 353 g/mol.